The molecule has 0 saturated heterocycles. The highest BCUT2D eigenvalue weighted by molar-refractivity contribution is 6.99. The molecule has 0 saturated carbocycles. The highest BCUT2D eigenvalue weighted by Gasteiger charge is 2.32. The maximum atomic E-state index is 12.3. The Hall–Kier alpha value is -1.55. The van der Waals surface area contributed by atoms with Crippen molar-refractivity contribution in [3.63, 3.8) is 0 Å². The smallest absolute Gasteiger partial charge is 0.369 e. The van der Waals surface area contributed by atoms with Crippen molar-refractivity contribution < 1.29 is 30.2 Å². The van der Waals surface area contributed by atoms with Crippen LogP contribution in [0.3, 0.4) is 0 Å². The van der Waals surface area contributed by atoms with Gasteiger partial charge in [-0.15, -0.1) is 4.37 Å². The van der Waals surface area contributed by atoms with E-state index >= 15 is 0 Å². The number of carbonyl (C=O) groups is 1. The van der Waals surface area contributed by atoms with E-state index in [1.807, 2.05) is 0 Å². The zero-order valence-electron chi connectivity index (χ0n) is 18.7. The first-order valence-electron chi connectivity index (χ1n) is 11.3. The summed E-state index contributed by atoms with van der Waals surface area (Å²) in [6.45, 7) is 5.78. The van der Waals surface area contributed by atoms with Gasteiger partial charge in [-0.25, -0.2) is 4.79 Å². The summed E-state index contributed by atoms with van der Waals surface area (Å²) >= 11 is 1.19. The molecule has 0 radical (unpaired) electrons. The van der Waals surface area contributed by atoms with Gasteiger partial charge in [0.25, 0.3) is 5.88 Å². The van der Waals surface area contributed by atoms with Crippen LogP contribution < -0.4 is 16.2 Å². The molecule has 0 amide bonds. The van der Waals surface area contributed by atoms with Crippen LogP contribution in [0.25, 0.3) is 5.57 Å². The van der Waals surface area contributed by atoms with E-state index in [0.717, 1.165) is 63.0 Å². The molecular formula is C21H40N5O3S+3. The van der Waals surface area contributed by atoms with Gasteiger partial charge in [0.1, 0.15) is 12.2 Å². The Balaban J connectivity index is 1.86. The second-order valence-electron chi connectivity index (χ2n) is 8.49. The summed E-state index contributed by atoms with van der Waals surface area (Å²) in [7, 11) is 2.12. The first-order chi connectivity index (χ1) is 14.5. The fourth-order valence-electron chi connectivity index (χ4n) is 3.58. The molecule has 2 heterocycles. The van der Waals surface area contributed by atoms with Gasteiger partial charge < -0.3 is 20.9 Å². The zero-order chi connectivity index (χ0) is 21.8. The Morgan fingerprint density at radius 1 is 1.27 bits per heavy atom. The molecule has 9 heteroatoms. The lowest BCUT2D eigenvalue weighted by molar-refractivity contribution is -0.919. The number of carbonyl (C=O) groups excluding carboxylic acids is 1. The van der Waals surface area contributed by atoms with Gasteiger partial charge in [-0.3, -0.25) is 4.48 Å². The molecule has 0 fully saturated rings. The van der Waals surface area contributed by atoms with Gasteiger partial charge in [0, 0.05) is 18.4 Å². The van der Waals surface area contributed by atoms with E-state index in [1.165, 1.54) is 31.0 Å². The molecule has 8 nitrogen and oxygen atoms in total. The number of nitrogens with zero attached hydrogens (tertiary/aromatic N) is 3. The average Bonchev–Trinajstić information content (AvgIpc) is 3.20. The van der Waals surface area contributed by atoms with E-state index in [1.54, 1.807) is 0 Å². The maximum absolute atomic E-state index is 12.3. The van der Waals surface area contributed by atoms with Crippen molar-refractivity contribution in [3.8, 4) is 5.88 Å². The highest BCUT2D eigenvalue weighted by atomic mass is 32.1. The number of likely N-dealkylation sites (N-methyl/N-ethyl adjacent to an activating group) is 1. The van der Waals surface area contributed by atoms with Gasteiger partial charge in [0.2, 0.25) is 6.73 Å². The van der Waals surface area contributed by atoms with Crippen molar-refractivity contribution in [2.24, 2.45) is 0 Å². The molecule has 1 unspecified atom stereocenters. The van der Waals surface area contributed by atoms with Crippen molar-refractivity contribution in [2.45, 2.75) is 64.3 Å². The van der Waals surface area contributed by atoms with Crippen molar-refractivity contribution >= 4 is 23.3 Å². The van der Waals surface area contributed by atoms with Crippen LogP contribution in [0.5, 0.6) is 5.88 Å². The largest absolute Gasteiger partial charge is 0.475 e. The molecule has 1 aromatic rings. The SMILES string of the molecule is CCCCCCOc1nsnc1C1=CCC[N+](C)(COC(=O)[C@@H]([NH3+])CCCC[NH3+])C1. The minimum Gasteiger partial charge on any atom is -0.475 e. The van der Waals surface area contributed by atoms with E-state index < -0.39 is 0 Å². The Kier molecular flexibility index (Phi) is 10.7. The molecule has 170 valence electrons. The van der Waals surface area contributed by atoms with Gasteiger partial charge in [0.05, 0.1) is 38.5 Å². The number of unbranched alkanes of at least 4 members (excludes halogenated alkanes) is 4. The number of hydrogen-bond acceptors (Lipinski definition) is 6. The van der Waals surface area contributed by atoms with Crippen LogP contribution in [0.2, 0.25) is 0 Å². The molecule has 1 aliphatic rings. The van der Waals surface area contributed by atoms with E-state index in [4.69, 9.17) is 9.47 Å². The van der Waals surface area contributed by atoms with Crippen LogP contribution >= 0.6 is 11.7 Å². The fourth-order valence-corrected chi connectivity index (χ4v) is 4.11. The van der Waals surface area contributed by atoms with Gasteiger partial charge in [0.15, 0.2) is 6.04 Å². The second-order valence-corrected chi connectivity index (χ2v) is 9.01. The van der Waals surface area contributed by atoms with E-state index in [0.29, 0.717) is 23.7 Å². The molecule has 0 aliphatic carbocycles. The summed E-state index contributed by atoms with van der Waals surface area (Å²) in [5, 5.41) is 0. The number of aromatic nitrogens is 2. The first kappa shape index (κ1) is 24.7. The van der Waals surface area contributed by atoms with Crippen LogP contribution in [0.15, 0.2) is 6.08 Å². The Morgan fingerprint density at radius 3 is 2.87 bits per heavy atom. The fraction of sp³-hybridized carbons (Fsp3) is 0.762. The topological polar surface area (TPSA) is 117 Å². The van der Waals surface area contributed by atoms with Crippen molar-refractivity contribution in [1.29, 1.82) is 0 Å². The Labute approximate surface area is 184 Å². The molecule has 0 bridgehead atoms. The predicted octanol–water partition coefficient (Wildman–Crippen LogP) is 1.25. The maximum Gasteiger partial charge on any atom is 0.369 e. The van der Waals surface area contributed by atoms with Crippen molar-refractivity contribution in [3.05, 3.63) is 11.8 Å². The van der Waals surface area contributed by atoms with Gasteiger partial charge in [-0.05, 0) is 19.3 Å². The molecule has 0 aromatic carbocycles. The summed E-state index contributed by atoms with van der Waals surface area (Å²) in [6, 6.07) is -0.307. The van der Waals surface area contributed by atoms with E-state index in [2.05, 4.69) is 40.3 Å². The lowest BCUT2D eigenvalue weighted by Gasteiger charge is -2.36. The molecule has 2 rings (SSSR count). The summed E-state index contributed by atoms with van der Waals surface area (Å²) in [4.78, 5) is 12.3. The number of esters is 1. The quantitative estimate of drug-likeness (QED) is 0.255. The van der Waals surface area contributed by atoms with Crippen LogP contribution in [-0.4, -0.2) is 65.3 Å². The van der Waals surface area contributed by atoms with Crippen LogP contribution in [0.1, 0.15) is 64.0 Å². The minimum absolute atomic E-state index is 0.207. The van der Waals surface area contributed by atoms with Crippen LogP contribution in [0.4, 0.5) is 0 Å². The molecular weight excluding hydrogens is 402 g/mol. The summed E-state index contributed by atoms with van der Waals surface area (Å²) < 4.78 is 21.0. The average molecular weight is 443 g/mol. The molecule has 2 atom stereocenters. The lowest BCUT2D eigenvalue weighted by atomic mass is 10.1. The summed E-state index contributed by atoms with van der Waals surface area (Å²) in [6.07, 6.45) is 10.5. The monoisotopic (exact) mass is 442 g/mol. The molecule has 30 heavy (non-hydrogen) atoms. The molecule has 0 spiro atoms. The summed E-state index contributed by atoms with van der Waals surface area (Å²) in [5.41, 5.74) is 9.76. The number of ether oxygens (including phenoxy) is 2. The predicted molar refractivity (Wildman–Crippen MR) is 117 cm³/mol. The summed E-state index contributed by atoms with van der Waals surface area (Å²) in [5.74, 6) is 0.428. The van der Waals surface area contributed by atoms with E-state index in [9.17, 15) is 4.79 Å². The molecule has 6 N–H and O–H groups in total. The second kappa shape index (κ2) is 13.0. The third-order valence-electron chi connectivity index (χ3n) is 5.52. The van der Waals surface area contributed by atoms with E-state index in [-0.39, 0.29) is 12.0 Å². The Morgan fingerprint density at radius 2 is 2.10 bits per heavy atom. The lowest BCUT2D eigenvalue weighted by Crippen LogP contribution is -2.66. The van der Waals surface area contributed by atoms with Crippen LogP contribution in [0, 0.1) is 0 Å². The zero-order valence-corrected chi connectivity index (χ0v) is 19.6. The van der Waals surface area contributed by atoms with Gasteiger partial charge >= 0.3 is 5.97 Å². The van der Waals surface area contributed by atoms with Crippen molar-refractivity contribution in [2.75, 3.05) is 40.0 Å². The Bertz CT molecular complexity index is 681. The molecule has 1 aromatic heterocycles. The third-order valence-corrected chi connectivity index (χ3v) is 6.03. The normalized spacial score (nSPS) is 19.9. The highest BCUT2D eigenvalue weighted by Crippen LogP contribution is 2.30. The minimum atomic E-state index is -0.307. The number of quaternary nitrogens is 3. The van der Waals surface area contributed by atoms with Crippen molar-refractivity contribution in [1.82, 2.24) is 8.75 Å². The molecule has 1 aliphatic heterocycles. The number of rotatable bonds is 14. The van der Waals surface area contributed by atoms with Gasteiger partial charge in [-0.2, -0.15) is 4.37 Å². The van der Waals surface area contributed by atoms with Gasteiger partial charge in [-0.1, -0.05) is 32.3 Å². The standard InChI is InChI=1S/C21H38N5O3S/c1-3-4-5-8-14-28-20-19(24-30-25-20)17-10-9-13-26(2,15-17)16-29-21(27)18(23)11-6-7-12-22/h10,18H,3-9,11-16,22-23H2,1-2H3/q+1/p+2/t18-,26?/m0/s1. The third kappa shape index (κ3) is 7.94. The van der Waals surface area contributed by atoms with Crippen LogP contribution in [-0.2, 0) is 9.53 Å². The first-order valence-corrected chi connectivity index (χ1v) is 12.0. The number of hydrogen-bond donors (Lipinski definition) is 2.